The Morgan fingerprint density at radius 3 is 2.26 bits per heavy atom. The van der Waals surface area contributed by atoms with Crippen LogP contribution in [0.3, 0.4) is 0 Å². The SMILES string of the molecule is CC(C)(C)CC(CNC(=O)OCC1c2ccccc2-c2ccccc21)C(=O)N1CSC[C@H]1C(=O)O. The van der Waals surface area contributed by atoms with E-state index in [4.69, 9.17) is 4.74 Å². The molecule has 0 bridgehead atoms. The van der Waals surface area contributed by atoms with Crippen LogP contribution >= 0.6 is 11.8 Å². The largest absolute Gasteiger partial charge is 0.480 e. The zero-order chi connectivity index (χ0) is 25.2. The van der Waals surface area contributed by atoms with Gasteiger partial charge in [0, 0.05) is 18.2 Å². The van der Waals surface area contributed by atoms with E-state index in [9.17, 15) is 19.5 Å². The van der Waals surface area contributed by atoms with Gasteiger partial charge in [0.2, 0.25) is 5.91 Å². The van der Waals surface area contributed by atoms with E-state index in [1.807, 2.05) is 45.0 Å². The maximum absolute atomic E-state index is 13.2. The summed E-state index contributed by atoms with van der Waals surface area (Å²) in [5, 5.41) is 12.2. The number of carboxylic acid groups (broad SMARTS) is 1. The fourth-order valence-electron chi connectivity index (χ4n) is 4.94. The fourth-order valence-corrected chi connectivity index (χ4v) is 6.10. The van der Waals surface area contributed by atoms with Crippen molar-refractivity contribution in [3.8, 4) is 11.1 Å². The molecule has 1 unspecified atom stereocenters. The van der Waals surface area contributed by atoms with Gasteiger partial charge in [-0.2, -0.15) is 0 Å². The van der Waals surface area contributed by atoms with Crippen LogP contribution in [0.25, 0.3) is 11.1 Å². The van der Waals surface area contributed by atoms with Gasteiger partial charge in [-0.05, 0) is 34.1 Å². The number of benzene rings is 2. The monoisotopic (exact) mass is 496 g/mol. The second-order valence-electron chi connectivity index (χ2n) is 10.3. The minimum atomic E-state index is -0.998. The van der Waals surface area contributed by atoms with Crippen molar-refractivity contribution in [2.24, 2.45) is 11.3 Å². The second kappa shape index (κ2) is 10.3. The Morgan fingerprint density at radius 2 is 1.69 bits per heavy atom. The number of nitrogens with one attached hydrogen (secondary N) is 1. The zero-order valence-corrected chi connectivity index (χ0v) is 21.1. The Balaban J connectivity index is 1.39. The summed E-state index contributed by atoms with van der Waals surface area (Å²) in [4.78, 5) is 38.9. The Kier molecular flexibility index (Phi) is 7.40. The summed E-state index contributed by atoms with van der Waals surface area (Å²) >= 11 is 1.43. The van der Waals surface area contributed by atoms with E-state index in [2.05, 4.69) is 29.6 Å². The lowest BCUT2D eigenvalue weighted by Crippen LogP contribution is -2.48. The first-order chi connectivity index (χ1) is 16.7. The number of nitrogens with zero attached hydrogens (tertiary/aromatic N) is 1. The molecule has 0 aromatic heterocycles. The predicted molar refractivity (Wildman–Crippen MR) is 136 cm³/mol. The van der Waals surface area contributed by atoms with E-state index in [1.54, 1.807) is 0 Å². The first kappa shape index (κ1) is 25.1. The number of carbonyl (C=O) groups is 3. The van der Waals surface area contributed by atoms with Crippen molar-refractivity contribution >= 4 is 29.7 Å². The molecule has 7 nitrogen and oxygen atoms in total. The zero-order valence-electron chi connectivity index (χ0n) is 20.3. The summed E-state index contributed by atoms with van der Waals surface area (Å²) in [6.07, 6.45) is -0.0626. The number of carboxylic acids is 1. The van der Waals surface area contributed by atoms with Gasteiger partial charge in [0.15, 0.2) is 0 Å². The minimum Gasteiger partial charge on any atom is -0.480 e. The van der Waals surface area contributed by atoms with Gasteiger partial charge in [0.1, 0.15) is 12.6 Å². The molecule has 186 valence electrons. The quantitative estimate of drug-likeness (QED) is 0.583. The first-order valence-electron chi connectivity index (χ1n) is 11.9. The summed E-state index contributed by atoms with van der Waals surface area (Å²) in [6.45, 7) is 6.36. The van der Waals surface area contributed by atoms with Crippen LogP contribution in [0.5, 0.6) is 0 Å². The topological polar surface area (TPSA) is 95.9 Å². The molecule has 2 aliphatic rings. The van der Waals surface area contributed by atoms with Crippen LogP contribution in [0.2, 0.25) is 0 Å². The molecule has 2 N–H and O–H groups in total. The lowest BCUT2D eigenvalue weighted by Gasteiger charge is -2.30. The number of carbonyl (C=O) groups excluding carboxylic acids is 2. The lowest BCUT2D eigenvalue weighted by molar-refractivity contribution is -0.149. The molecular formula is C27H32N2O5S. The van der Waals surface area contributed by atoms with E-state index in [-0.39, 0.29) is 30.4 Å². The van der Waals surface area contributed by atoms with Crippen molar-refractivity contribution in [2.75, 3.05) is 24.8 Å². The second-order valence-corrected chi connectivity index (χ2v) is 11.3. The van der Waals surface area contributed by atoms with Crippen molar-refractivity contribution in [3.63, 3.8) is 0 Å². The van der Waals surface area contributed by atoms with E-state index in [0.717, 1.165) is 22.3 Å². The molecule has 0 radical (unpaired) electrons. The highest BCUT2D eigenvalue weighted by molar-refractivity contribution is 7.99. The molecular weight excluding hydrogens is 464 g/mol. The highest BCUT2D eigenvalue weighted by Gasteiger charge is 2.39. The molecule has 2 aromatic carbocycles. The third-order valence-corrected chi connectivity index (χ3v) is 7.51. The van der Waals surface area contributed by atoms with Gasteiger partial charge in [-0.15, -0.1) is 11.8 Å². The standard InChI is InChI=1S/C27H32N2O5S/c1-27(2,3)12-17(24(30)29-16-35-15-23(29)25(31)32)13-28-26(33)34-14-22-20-10-6-4-8-18(20)19-9-5-7-11-21(19)22/h4-11,17,22-23H,12-16H2,1-3H3,(H,28,33)(H,31,32)/t17?,23-/m0/s1. The number of hydrogen-bond acceptors (Lipinski definition) is 5. The number of ether oxygens (including phenoxy) is 1. The summed E-state index contributed by atoms with van der Waals surface area (Å²) in [5.74, 6) is -1.09. The predicted octanol–water partition coefficient (Wildman–Crippen LogP) is 4.56. The molecule has 1 heterocycles. The number of hydrogen-bond donors (Lipinski definition) is 2. The Morgan fingerprint density at radius 1 is 1.09 bits per heavy atom. The van der Waals surface area contributed by atoms with Crippen LogP contribution in [0.1, 0.15) is 44.2 Å². The van der Waals surface area contributed by atoms with Crippen molar-refractivity contribution in [3.05, 3.63) is 59.7 Å². The average Bonchev–Trinajstić information content (AvgIpc) is 3.43. The third kappa shape index (κ3) is 5.64. The average molecular weight is 497 g/mol. The van der Waals surface area contributed by atoms with E-state index >= 15 is 0 Å². The van der Waals surface area contributed by atoms with Gasteiger partial charge >= 0.3 is 12.1 Å². The van der Waals surface area contributed by atoms with Crippen LogP contribution in [-0.2, 0) is 14.3 Å². The first-order valence-corrected chi connectivity index (χ1v) is 13.0. The molecule has 1 aliphatic carbocycles. The number of amides is 2. The van der Waals surface area contributed by atoms with E-state index in [1.165, 1.54) is 16.7 Å². The van der Waals surface area contributed by atoms with Crippen LogP contribution < -0.4 is 5.32 Å². The van der Waals surface area contributed by atoms with E-state index in [0.29, 0.717) is 18.1 Å². The Labute approximate surface area is 210 Å². The number of alkyl carbamates (subject to hydrolysis) is 1. The molecule has 0 spiro atoms. The molecule has 1 saturated heterocycles. The van der Waals surface area contributed by atoms with Gasteiger partial charge in [-0.25, -0.2) is 9.59 Å². The normalized spacial score (nSPS) is 18.0. The van der Waals surface area contributed by atoms with Gasteiger partial charge < -0.3 is 20.1 Å². The maximum atomic E-state index is 13.2. The van der Waals surface area contributed by atoms with Crippen LogP contribution in [0, 0.1) is 11.3 Å². The molecule has 2 amide bonds. The number of fused-ring (bicyclic) bond motifs is 3. The summed E-state index contributed by atoms with van der Waals surface area (Å²) in [6, 6.07) is 15.4. The molecule has 8 heteroatoms. The van der Waals surface area contributed by atoms with Crippen molar-refractivity contribution in [2.45, 2.75) is 39.2 Å². The Hall–Kier alpha value is -3.00. The summed E-state index contributed by atoms with van der Waals surface area (Å²) in [5.41, 5.74) is 4.41. The van der Waals surface area contributed by atoms with Crippen molar-refractivity contribution in [1.82, 2.24) is 10.2 Å². The third-order valence-electron chi connectivity index (χ3n) is 6.49. The highest BCUT2D eigenvalue weighted by Crippen LogP contribution is 2.44. The summed E-state index contributed by atoms with van der Waals surface area (Å²) < 4.78 is 5.61. The van der Waals surface area contributed by atoms with Crippen LogP contribution in [-0.4, -0.2) is 58.8 Å². The number of aliphatic carboxylic acids is 1. The van der Waals surface area contributed by atoms with Crippen LogP contribution in [0.15, 0.2) is 48.5 Å². The summed E-state index contributed by atoms with van der Waals surface area (Å²) in [7, 11) is 0. The lowest BCUT2D eigenvalue weighted by atomic mass is 9.84. The molecule has 2 aromatic rings. The van der Waals surface area contributed by atoms with Gasteiger partial charge in [0.05, 0.1) is 11.8 Å². The molecule has 4 rings (SSSR count). The fraction of sp³-hybridized carbons (Fsp3) is 0.444. The molecule has 35 heavy (non-hydrogen) atoms. The molecule has 1 aliphatic heterocycles. The highest BCUT2D eigenvalue weighted by atomic mass is 32.2. The molecule has 1 fully saturated rings. The van der Waals surface area contributed by atoms with Crippen LogP contribution in [0.4, 0.5) is 4.79 Å². The van der Waals surface area contributed by atoms with Gasteiger partial charge in [-0.3, -0.25) is 4.79 Å². The maximum Gasteiger partial charge on any atom is 0.407 e. The minimum absolute atomic E-state index is 0.0434. The van der Waals surface area contributed by atoms with Crippen molar-refractivity contribution < 1.29 is 24.2 Å². The van der Waals surface area contributed by atoms with E-state index < -0.39 is 24.0 Å². The number of thioether (sulfide) groups is 1. The van der Waals surface area contributed by atoms with Crippen molar-refractivity contribution in [1.29, 1.82) is 0 Å². The Bertz CT molecular complexity index is 1070. The molecule has 0 saturated carbocycles. The smallest absolute Gasteiger partial charge is 0.407 e. The van der Waals surface area contributed by atoms with Gasteiger partial charge in [0.25, 0.3) is 0 Å². The molecule has 2 atom stereocenters. The number of rotatable bonds is 7. The van der Waals surface area contributed by atoms with Gasteiger partial charge in [-0.1, -0.05) is 69.3 Å².